The SMILES string of the molecule is CC/C=C\C[C-]=O.C[CH-]C(=O)Oc1ccc(-c2cc(F)cc(F)c2)cc1C(=O)O.[W+2].[W].[W]. The minimum absolute atomic E-state index is 0. The Kier molecular flexibility index (Phi) is 21.0. The van der Waals surface area contributed by atoms with Crippen LogP contribution >= 0.6 is 0 Å². The van der Waals surface area contributed by atoms with Crippen LogP contribution < -0.4 is 4.74 Å². The number of allylic oxidation sites excluding steroid dienone is 2. The Bertz CT molecular complexity index is 885. The maximum atomic E-state index is 13.2. The molecule has 0 spiro atoms. The quantitative estimate of drug-likeness (QED) is 0.185. The van der Waals surface area contributed by atoms with Crippen LogP contribution in [0, 0.1) is 18.1 Å². The number of ether oxygens (including phenoxy) is 1. The first-order valence-corrected chi connectivity index (χ1v) is 8.67. The molecule has 2 aromatic carbocycles. The van der Waals surface area contributed by atoms with E-state index in [4.69, 9.17) is 4.74 Å². The molecule has 10 heteroatoms. The third kappa shape index (κ3) is 12.6. The van der Waals surface area contributed by atoms with Crippen molar-refractivity contribution in [1.29, 1.82) is 0 Å². The van der Waals surface area contributed by atoms with E-state index < -0.39 is 23.6 Å². The number of rotatable bonds is 7. The van der Waals surface area contributed by atoms with E-state index in [2.05, 4.69) is 0 Å². The van der Waals surface area contributed by atoms with Gasteiger partial charge in [0.15, 0.2) is 5.97 Å². The molecule has 0 unspecified atom stereocenters. The predicted molar refractivity (Wildman–Crippen MR) is 104 cm³/mol. The summed E-state index contributed by atoms with van der Waals surface area (Å²) in [4.78, 5) is 32.0. The smallest absolute Gasteiger partial charge is 0.541 e. The van der Waals surface area contributed by atoms with Gasteiger partial charge in [-0.25, -0.2) is 13.6 Å². The molecule has 170 valence electrons. The third-order valence-electron chi connectivity index (χ3n) is 3.46. The Balaban J connectivity index is -0.000000737. The number of hydrogen-bond donors (Lipinski definition) is 1. The van der Waals surface area contributed by atoms with Crippen molar-refractivity contribution in [2.24, 2.45) is 0 Å². The molecular formula is C22H20F2O5W3. The van der Waals surface area contributed by atoms with Crippen LogP contribution in [0.15, 0.2) is 48.6 Å². The largest absolute Gasteiger partial charge is 2.00 e. The van der Waals surface area contributed by atoms with Gasteiger partial charge in [0.05, 0.1) is 0 Å². The molecule has 1 N–H and O–H groups in total. The van der Waals surface area contributed by atoms with Gasteiger partial charge in [-0.2, -0.15) is 6.92 Å². The molecular weight excluding hydrogens is 934 g/mol. The molecule has 0 aromatic heterocycles. The molecule has 0 aliphatic rings. The van der Waals surface area contributed by atoms with Crippen molar-refractivity contribution in [2.45, 2.75) is 26.7 Å². The fraction of sp³-hybridized carbons (Fsp3) is 0.182. The minimum atomic E-state index is -1.32. The van der Waals surface area contributed by atoms with Crippen LogP contribution in [-0.4, -0.2) is 23.3 Å². The van der Waals surface area contributed by atoms with E-state index in [1.807, 2.05) is 19.1 Å². The van der Waals surface area contributed by atoms with Crippen molar-refractivity contribution in [3.05, 3.63) is 72.2 Å². The molecule has 2 rings (SSSR count). The van der Waals surface area contributed by atoms with Gasteiger partial charge in [-0.05, 0) is 41.8 Å². The van der Waals surface area contributed by atoms with Crippen molar-refractivity contribution in [2.75, 3.05) is 0 Å². The number of halogens is 2. The first kappa shape index (κ1) is 35.2. The zero-order valence-corrected chi connectivity index (χ0v) is 26.0. The monoisotopic (exact) mass is 954 g/mol. The number of carboxylic acids is 1. The average molecular weight is 954 g/mol. The Morgan fingerprint density at radius 3 is 2.12 bits per heavy atom. The van der Waals surface area contributed by atoms with Gasteiger partial charge < -0.3 is 14.6 Å². The number of hydrogen-bond acceptors (Lipinski definition) is 4. The van der Waals surface area contributed by atoms with E-state index in [1.165, 1.54) is 25.1 Å². The van der Waals surface area contributed by atoms with E-state index in [-0.39, 0.29) is 85.6 Å². The normalized spacial score (nSPS) is 9.12. The number of aromatic carboxylic acids is 1. The number of carbonyl (C=O) groups excluding carboxylic acids is 2. The summed E-state index contributed by atoms with van der Waals surface area (Å²) in [5, 5.41) is 9.18. The standard InChI is InChI=1S/C16H11F2O4.C6H9O.3W/c1-2-15(19)22-14-4-3-9(7-13(14)16(20)21)10-5-11(17)8-12(18)6-10;1-2-3-4-5-6-7;;;/h2-8H,1H3,(H,20,21);3-4H,2,5H2,1H3;;;/q2*-1;;;+2/b;4-3-;;;. The summed E-state index contributed by atoms with van der Waals surface area (Å²) in [7, 11) is 0. The number of benzene rings is 2. The third-order valence-corrected chi connectivity index (χ3v) is 3.46. The zero-order chi connectivity index (χ0) is 21.8. The van der Waals surface area contributed by atoms with Gasteiger partial charge >= 0.3 is 27.0 Å². The number of esters is 1. The van der Waals surface area contributed by atoms with Gasteiger partial charge in [-0.1, -0.05) is 19.1 Å². The second kappa shape index (κ2) is 19.1. The molecule has 0 aliphatic carbocycles. The summed E-state index contributed by atoms with van der Waals surface area (Å²) in [5.74, 6) is -3.72. The van der Waals surface area contributed by atoms with Crippen molar-refractivity contribution >= 4 is 18.2 Å². The Morgan fingerprint density at radius 2 is 1.66 bits per heavy atom. The average Bonchev–Trinajstić information content (AvgIpc) is 2.68. The zero-order valence-electron chi connectivity index (χ0n) is 17.2. The van der Waals surface area contributed by atoms with Crippen LogP contribution in [0.25, 0.3) is 11.1 Å². The van der Waals surface area contributed by atoms with Crippen LogP contribution in [0.5, 0.6) is 5.75 Å². The second-order valence-electron chi connectivity index (χ2n) is 5.61. The fourth-order valence-corrected chi connectivity index (χ4v) is 2.15. The molecule has 0 radical (unpaired) electrons. The maximum Gasteiger partial charge on any atom is 2.00 e. The van der Waals surface area contributed by atoms with E-state index in [1.54, 1.807) is 6.29 Å². The van der Waals surface area contributed by atoms with Gasteiger partial charge in [0.2, 0.25) is 0 Å². The maximum absolute atomic E-state index is 13.2. The van der Waals surface area contributed by atoms with E-state index >= 15 is 0 Å². The first-order chi connectivity index (χ1) is 13.8. The Hall–Kier alpha value is -1.42. The molecule has 0 heterocycles. The van der Waals surface area contributed by atoms with Crippen LogP contribution in [0.2, 0.25) is 0 Å². The van der Waals surface area contributed by atoms with Crippen LogP contribution in [0.3, 0.4) is 0 Å². The topological polar surface area (TPSA) is 80.7 Å². The van der Waals surface area contributed by atoms with Crippen molar-refractivity contribution in [3.63, 3.8) is 0 Å². The predicted octanol–water partition coefficient (Wildman–Crippen LogP) is 4.90. The molecule has 0 atom stereocenters. The molecule has 5 nitrogen and oxygen atoms in total. The summed E-state index contributed by atoms with van der Waals surface area (Å²) < 4.78 is 31.4. The van der Waals surface area contributed by atoms with Crippen molar-refractivity contribution in [1.82, 2.24) is 0 Å². The second-order valence-corrected chi connectivity index (χ2v) is 5.61. The van der Waals surface area contributed by atoms with E-state index in [9.17, 15) is 28.3 Å². The van der Waals surface area contributed by atoms with Gasteiger partial charge in [0.1, 0.15) is 22.9 Å². The summed E-state index contributed by atoms with van der Waals surface area (Å²) in [6.45, 7) is 3.48. The number of carboxylic acid groups (broad SMARTS) is 1. The molecule has 0 saturated heterocycles. The first-order valence-electron chi connectivity index (χ1n) is 8.67. The number of carbonyl (C=O) groups is 2. The molecule has 32 heavy (non-hydrogen) atoms. The summed E-state index contributed by atoms with van der Waals surface area (Å²) in [5.41, 5.74) is 0.188. The molecule has 0 aliphatic heterocycles. The molecule has 2 aromatic rings. The molecule has 0 amide bonds. The van der Waals surface area contributed by atoms with Gasteiger partial charge in [0, 0.05) is 48.2 Å². The van der Waals surface area contributed by atoms with Crippen LogP contribution in [-0.2, 0) is 72.8 Å². The van der Waals surface area contributed by atoms with Crippen molar-refractivity contribution in [3.8, 4) is 16.9 Å². The van der Waals surface area contributed by atoms with E-state index in [0.29, 0.717) is 6.42 Å². The van der Waals surface area contributed by atoms with Crippen LogP contribution in [0.4, 0.5) is 8.78 Å². The van der Waals surface area contributed by atoms with Gasteiger partial charge in [-0.3, -0.25) is 17.5 Å². The Morgan fingerprint density at radius 1 is 1.06 bits per heavy atom. The summed E-state index contributed by atoms with van der Waals surface area (Å²) >= 11 is 0. The van der Waals surface area contributed by atoms with Crippen molar-refractivity contribution < 1.29 is 96.2 Å². The molecule has 0 bridgehead atoms. The summed E-state index contributed by atoms with van der Waals surface area (Å²) in [6.07, 6.45) is 8.11. The minimum Gasteiger partial charge on any atom is -0.541 e. The Labute approximate surface area is 228 Å². The fourth-order valence-electron chi connectivity index (χ4n) is 2.15. The van der Waals surface area contributed by atoms with Gasteiger partial charge in [0.25, 0.3) is 0 Å². The molecule has 0 fully saturated rings. The van der Waals surface area contributed by atoms with E-state index in [0.717, 1.165) is 31.0 Å². The summed E-state index contributed by atoms with van der Waals surface area (Å²) in [6, 6.07) is 6.75. The van der Waals surface area contributed by atoms with Crippen LogP contribution in [0.1, 0.15) is 37.0 Å². The molecule has 0 saturated carbocycles. The van der Waals surface area contributed by atoms with Gasteiger partial charge in [-0.15, -0.1) is 12.5 Å².